The first kappa shape index (κ1) is 29.9. The summed E-state index contributed by atoms with van der Waals surface area (Å²) in [6.07, 6.45) is 3.41. The molecule has 2 N–H and O–H groups in total. The number of rotatable bonds is 13. The van der Waals surface area contributed by atoms with Gasteiger partial charge >= 0.3 is 6.18 Å². The number of nitrogens with zero attached hydrogens (tertiary/aromatic N) is 2. The van der Waals surface area contributed by atoms with E-state index in [0.717, 1.165) is 38.2 Å². The molecule has 226 valence electrons. The fourth-order valence-electron chi connectivity index (χ4n) is 4.75. The second-order valence-electron chi connectivity index (χ2n) is 11.0. The van der Waals surface area contributed by atoms with Gasteiger partial charge in [-0.25, -0.2) is 13.1 Å². The van der Waals surface area contributed by atoms with Gasteiger partial charge in [0.25, 0.3) is 11.5 Å². The maximum atomic E-state index is 14.2. The summed E-state index contributed by atoms with van der Waals surface area (Å²) in [7, 11) is -4.00. The van der Waals surface area contributed by atoms with Crippen LogP contribution in [0.3, 0.4) is 0 Å². The SMILES string of the molecule is CCCCCCOc1ccc(-c2cc(-c3ccn(CC4CC4)n3)c(C(=O)NS(=O)(=O)C3CC3)c(=O)[nH]2)c(C(F)(F)F)c1. The number of carbonyl (C=O) groups excluding carboxylic acids is 1. The molecule has 1 amide bonds. The Balaban J connectivity index is 1.55. The number of benzene rings is 1. The molecule has 3 aromatic rings. The molecule has 0 spiro atoms. The molecule has 0 aliphatic heterocycles. The Bertz CT molecular complexity index is 1620. The Morgan fingerprint density at radius 3 is 2.52 bits per heavy atom. The number of hydrogen-bond donors (Lipinski definition) is 2. The molecule has 2 saturated carbocycles. The Labute approximate surface area is 241 Å². The molecule has 2 aliphatic carbocycles. The zero-order chi connectivity index (χ0) is 30.1. The van der Waals surface area contributed by atoms with Gasteiger partial charge in [0.05, 0.1) is 23.1 Å². The van der Waals surface area contributed by atoms with Crippen LogP contribution in [-0.2, 0) is 22.7 Å². The summed E-state index contributed by atoms with van der Waals surface area (Å²) in [5.41, 5.74) is -3.03. The highest BCUT2D eigenvalue weighted by molar-refractivity contribution is 7.91. The third-order valence-corrected chi connectivity index (χ3v) is 9.19. The van der Waals surface area contributed by atoms with Gasteiger partial charge in [-0.15, -0.1) is 0 Å². The minimum atomic E-state index is -4.78. The number of amides is 1. The van der Waals surface area contributed by atoms with Crippen LogP contribution in [0.4, 0.5) is 13.2 Å². The van der Waals surface area contributed by atoms with Crippen LogP contribution in [0, 0.1) is 5.92 Å². The number of ether oxygens (including phenoxy) is 1. The minimum absolute atomic E-state index is 0.0465. The van der Waals surface area contributed by atoms with Crippen LogP contribution in [0.2, 0.25) is 0 Å². The van der Waals surface area contributed by atoms with Crippen molar-refractivity contribution in [3.05, 3.63) is 58.0 Å². The van der Waals surface area contributed by atoms with E-state index in [4.69, 9.17) is 4.74 Å². The van der Waals surface area contributed by atoms with E-state index in [1.807, 2.05) is 4.72 Å². The molecule has 0 saturated heterocycles. The quantitative estimate of drug-likeness (QED) is 0.247. The van der Waals surface area contributed by atoms with E-state index in [0.29, 0.717) is 31.7 Å². The highest BCUT2D eigenvalue weighted by Crippen LogP contribution is 2.39. The Hall–Kier alpha value is -3.61. The lowest BCUT2D eigenvalue weighted by atomic mass is 9.98. The van der Waals surface area contributed by atoms with Gasteiger partial charge in [-0.3, -0.25) is 14.3 Å². The van der Waals surface area contributed by atoms with Crippen molar-refractivity contribution in [2.75, 3.05) is 6.61 Å². The fourth-order valence-corrected chi connectivity index (χ4v) is 6.03. The van der Waals surface area contributed by atoms with Gasteiger partial charge in [-0.2, -0.15) is 18.3 Å². The molecule has 0 radical (unpaired) electrons. The number of aromatic amines is 1. The van der Waals surface area contributed by atoms with Gasteiger partial charge in [-0.1, -0.05) is 26.2 Å². The first-order chi connectivity index (χ1) is 20.0. The van der Waals surface area contributed by atoms with Crippen molar-refractivity contribution >= 4 is 15.9 Å². The molecule has 5 rings (SSSR count). The molecule has 13 heteroatoms. The summed E-state index contributed by atoms with van der Waals surface area (Å²) in [6, 6.07) is 6.28. The van der Waals surface area contributed by atoms with Crippen LogP contribution in [0.1, 0.15) is 74.2 Å². The molecule has 2 aliphatic rings. The lowest BCUT2D eigenvalue weighted by Crippen LogP contribution is -2.37. The zero-order valence-corrected chi connectivity index (χ0v) is 24.0. The van der Waals surface area contributed by atoms with Gasteiger partial charge < -0.3 is 9.72 Å². The average molecular weight is 607 g/mol. The molecule has 2 aromatic heterocycles. The van der Waals surface area contributed by atoms with Crippen LogP contribution in [-0.4, -0.2) is 40.9 Å². The number of hydrogen-bond acceptors (Lipinski definition) is 6. The van der Waals surface area contributed by atoms with E-state index in [2.05, 4.69) is 17.0 Å². The molecule has 42 heavy (non-hydrogen) atoms. The van der Waals surface area contributed by atoms with E-state index >= 15 is 0 Å². The average Bonchev–Trinajstić information content (AvgIpc) is 3.86. The van der Waals surface area contributed by atoms with E-state index in [-0.39, 0.29) is 34.9 Å². The summed E-state index contributed by atoms with van der Waals surface area (Å²) in [4.78, 5) is 28.8. The molecule has 0 bridgehead atoms. The van der Waals surface area contributed by atoms with Crippen LogP contribution in [0.5, 0.6) is 5.75 Å². The van der Waals surface area contributed by atoms with Crippen molar-refractivity contribution in [1.29, 1.82) is 0 Å². The van der Waals surface area contributed by atoms with Crippen molar-refractivity contribution < 1.29 is 31.1 Å². The van der Waals surface area contributed by atoms with Crippen molar-refractivity contribution in [3.8, 4) is 28.3 Å². The first-order valence-corrected chi connectivity index (χ1v) is 15.7. The third kappa shape index (κ3) is 7.05. The van der Waals surface area contributed by atoms with Gasteiger partial charge in [0.2, 0.25) is 10.0 Å². The van der Waals surface area contributed by atoms with E-state index in [9.17, 15) is 31.2 Å². The predicted octanol–water partition coefficient (Wildman–Crippen LogP) is 5.52. The molecule has 2 heterocycles. The predicted molar refractivity (Wildman–Crippen MR) is 150 cm³/mol. The Kier molecular flexibility index (Phi) is 8.49. The van der Waals surface area contributed by atoms with Crippen LogP contribution < -0.4 is 15.0 Å². The number of unbranched alkanes of at least 4 members (excludes halogenated alkanes) is 3. The number of halogens is 3. The van der Waals surface area contributed by atoms with Crippen molar-refractivity contribution in [2.24, 2.45) is 5.92 Å². The van der Waals surface area contributed by atoms with Gasteiger partial charge in [-0.05, 0) is 68.4 Å². The standard InChI is InChI=1S/C29H33F3N4O5S/c1-2-3-4-5-14-41-19-8-11-21(23(15-19)29(30,31)32)25-16-22(24-12-13-36(34-24)17-18-6-7-18)26(27(37)33-25)28(38)35-42(39,40)20-9-10-20/h8,11-13,15-16,18,20H,2-7,9-10,14,17H2,1H3,(H,33,37)(H,35,38). The highest BCUT2D eigenvalue weighted by Gasteiger charge is 2.38. The van der Waals surface area contributed by atoms with Crippen LogP contribution in [0.15, 0.2) is 41.3 Å². The molecule has 0 unspecified atom stereocenters. The maximum Gasteiger partial charge on any atom is 0.417 e. The van der Waals surface area contributed by atoms with E-state index in [1.54, 1.807) is 16.9 Å². The smallest absolute Gasteiger partial charge is 0.417 e. The number of alkyl halides is 3. The van der Waals surface area contributed by atoms with Gasteiger partial charge in [0, 0.05) is 29.6 Å². The topological polar surface area (TPSA) is 123 Å². The highest BCUT2D eigenvalue weighted by atomic mass is 32.2. The number of H-pyrrole nitrogens is 1. The summed E-state index contributed by atoms with van der Waals surface area (Å²) in [5.74, 6) is -0.657. The lowest BCUT2D eigenvalue weighted by molar-refractivity contribution is -0.137. The molecular weight excluding hydrogens is 573 g/mol. The van der Waals surface area contributed by atoms with Crippen molar-refractivity contribution in [3.63, 3.8) is 0 Å². The minimum Gasteiger partial charge on any atom is -0.494 e. The Morgan fingerprint density at radius 2 is 1.86 bits per heavy atom. The van der Waals surface area contributed by atoms with Gasteiger partial charge in [0.15, 0.2) is 0 Å². The zero-order valence-electron chi connectivity index (χ0n) is 23.2. The third-order valence-electron chi connectivity index (χ3n) is 7.37. The van der Waals surface area contributed by atoms with E-state index < -0.39 is 44.0 Å². The molecule has 2 fully saturated rings. The summed E-state index contributed by atoms with van der Waals surface area (Å²) < 4.78 is 76.8. The number of carbonyl (C=O) groups is 1. The second-order valence-corrected chi connectivity index (χ2v) is 12.9. The monoisotopic (exact) mass is 606 g/mol. The second kappa shape index (κ2) is 11.9. The number of sulfonamides is 1. The Morgan fingerprint density at radius 1 is 1.10 bits per heavy atom. The molecule has 1 aromatic carbocycles. The molecular formula is C29H33F3N4O5S. The number of pyridine rings is 1. The van der Waals surface area contributed by atoms with Gasteiger partial charge in [0.1, 0.15) is 11.3 Å². The summed E-state index contributed by atoms with van der Waals surface area (Å²) in [6.45, 7) is 2.94. The molecule has 0 atom stereocenters. The van der Waals surface area contributed by atoms with Crippen molar-refractivity contribution in [1.82, 2.24) is 19.5 Å². The number of aromatic nitrogens is 3. The summed E-state index contributed by atoms with van der Waals surface area (Å²) >= 11 is 0. The van der Waals surface area contributed by atoms with Crippen LogP contribution >= 0.6 is 0 Å². The molecule has 9 nitrogen and oxygen atoms in total. The van der Waals surface area contributed by atoms with Crippen molar-refractivity contribution in [2.45, 2.75) is 76.3 Å². The maximum absolute atomic E-state index is 14.2. The largest absolute Gasteiger partial charge is 0.494 e. The first-order valence-electron chi connectivity index (χ1n) is 14.2. The van der Waals surface area contributed by atoms with E-state index in [1.165, 1.54) is 18.2 Å². The fraction of sp³-hybridized carbons (Fsp3) is 0.483. The normalized spacial score (nSPS) is 15.5. The lowest BCUT2D eigenvalue weighted by Gasteiger charge is -2.17. The summed E-state index contributed by atoms with van der Waals surface area (Å²) in [5, 5.41) is 3.74. The van der Waals surface area contributed by atoms with Crippen LogP contribution in [0.25, 0.3) is 22.5 Å². The number of nitrogens with one attached hydrogen (secondary N) is 2.